The molecule has 35 heavy (non-hydrogen) atoms. The minimum atomic E-state index is -1.07. The Morgan fingerprint density at radius 1 is 1.14 bits per heavy atom. The van der Waals surface area contributed by atoms with E-state index in [1.807, 2.05) is 6.92 Å². The number of ether oxygens (including phenoxy) is 1. The van der Waals surface area contributed by atoms with Crippen LogP contribution in [0.1, 0.15) is 54.7 Å². The van der Waals surface area contributed by atoms with Crippen molar-refractivity contribution in [1.29, 1.82) is 0 Å². The lowest BCUT2D eigenvalue weighted by atomic mass is 10.0. The Morgan fingerprint density at radius 3 is 2.37 bits per heavy atom. The second-order valence-electron chi connectivity index (χ2n) is 8.16. The third-order valence-corrected chi connectivity index (χ3v) is 7.45. The molecule has 1 fully saturated rings. The maximum absolute atomic E-state index is 13.8. The number of halogens is 3. The van der Waals surface area contributed by atoms with E-state index < -0.39 is 17.8 Å². The van der Waals surface area contributed by atoms with Crippen LogP contribution in [0.25, 0.3) is 0 Å². The molecule has 3 aromatic rings. The highest BCUT2D eigenvalue weighted by Gasteiger charge is 2.37. The summed E-state index contributed by atoms with van der Waals surface area (Å²) in [6.45, 7) is 2.37. The van der Waals surface area contributed by atoms with Gasteiger partial charge in [0.1, 0.15) is 27.0 Å². The van der Waals surface area contributed by atoms with Gasteiger partial charge < -0.3 is 10.1 Å². The highest BCUT2D eigenvalue weighted by molar-refractivity contribution is 7.11. The van der Waals surface area contributed by atoms with Crippen molar-refractivity contribution in [2.75, 3.05) is 11.5 Å². The monoisotopic (exact) mass is 535 g/mol. The van der Waals surface area contributed by atoms with Crippen LogP contribution in [0.2, 0.25) is 9.36 Å². The maximum Gasteiger partial charge on any atom is 0.280 e. The number of nitrogens with zero attached hydrogens (tertiary/aromatic N) is 2. The summed E-state index contributed by atoms with van der Waals surface area (Å²) in [5, 5.41) is 3.10. The van der Waals surface area contributed by atoms with E-state index in [-0.39, 0.29) is 27.0 Å². The number of carbonyl (C=O) groups excluding carboxylic acids is 2. The lowest BCUT2D eigenvalue weighted by Crippen LogP contribution is -2.46. The first kappa shape index (κ1) is 25.4. The number of hydrogen-bond acceptors (Lipinski definition) is 5. The van der Waals surface area contributed by atoms with Gasteiger partial charge in [-0.2, -0.15) is 4.37 Å². The van der Waals surface area contributed by atoms with E-state index in [1.54, 1.807) is 24.3 Å². The average Bonchev–Trinajstić information content (AvgIpc) is 3.48. The molecule has 0 bridgehead atoms. The van der Waals surface area contributed by atoms with Crippen molar-refractivity contribution in [1.82, 2.24) is 9.69 Å². The van der Waals surface area contributed by atoms with Crippen molar-refractivity contribution >= 4 is 52.2 Å². The molecule has 2 amide bonds. The first-order valence-corrected chi connectivity index (χ1v) is 12.8. The summed E-state index contributed by atoms with van der Waals surface area (Å²) >= 11 is 13.2. The zero-order valence-corrected chi connectivity index (χ0v) is 21.3. The maximum atomic E-state index is 13.8. The summed E-state index contributed by atoms with van der Waals surface area (Å²) in [5.74, 6) is -0.800. The first-order chi connectivity index (χ1) is 16.9. The summed E-state index contributed by atoms with van der Waals surface area (Å²) in [6, 6.07) is 11.3. The van der Waals surface area contributed by atoms with Crippen LogP contribution in [0.15, 0.2) is 48.5 Å². The molecule has 10 heteroatoms. The number of nitrogens with one attached hydrogen (secondary N) is 1. The van der Waals surface area contributed by atoms with Crippen LogP contribution in [-0.2, 0) is 4.79 Å². The Bertz CT molecular complexity index is 1180. The minimum Gasteiger partial charge on any atom is -0.494 e. The van der Waals surface area contributed by atoms with E-state index in [2.05, 4.69) is 9.69 Å². The van der Waals surface area contributed by atoms with Crippen LogP contribution in [0, 0.1) is 5.82 Å². The zero-order chi connectivity index (χ0) is 24.9. The van der Waals surface area contributed by atoms with Gasteiger partial charge in [0, 0.05) is 11.7 Å². The Balaban J connectivity index is 1.81. The van der Waals surface area contributed by atoms with Crippen molar-refractivity contribution < 1.29 is 18.7 Å². The second kappa shape index (κ2) is 11.4. The molecular formula is C25H24Cl2FN3O3S. The quantitative estimate of drug-likeness (QED) is 0.360. The van der Waals surface area contributed by atoms with E-state index >= 15 is 0 Å². The van der Waals surface area contributed by atoms with Crippen molar-refractivity contribution in [2.45, 2.75) is 44.7 Å². The molecule has 6 nitrogen and oxygen atoms in total. The number of benzene rings is 2. The van der Waals surface area contributed by atoms with Crippen LogP contribution in [0.5, 0.6) is 5.75 Å². The molecule has 184 valence electrons. The summed E-state index contributed by atoms with van der Waals surface area (Å²) < 4.78 is 23.6. The Labute approximate surface area is 217 Å². The van der Waals surface area contributed by atoms with Gasteiger partial charge in [-0.3, -0.25) is 14.5 Å². The average molecular weight is 536 g/mol. The lowest BCUT2D eigenvalue weighted by molar-refractivity contribution is -0.123. The summed E-state index contributed by atoms with van der Waals surface area (Å²) in [4.78, 5) is 28.8. The summed E-state index contributed by atoms with van der Waals surface area (Å²) in [5.41, 5.74) is 0.798. The topological polar surface area (TPSA) is 71.5 Å². The standard InChI is InChI=1S/C25H24Cl2FN3O3S/c1-2-34-19-13-7-15(8-14-19)22(24(32)29-17-5-3-4-6-17)31(18-11-9-16(28)10-12-18)25(33)21-20(26)23(27)35-30-21/h7-14,17,22H,2-6H2,1H3,(H,29,32)/t22-/m1/s1. The number of rotatable bonds is 8. The highest BCUT2D eigenvalue weighted by atomic mass is 35.5. The number of carbonyl (C=O) groups is 2. The van der Waals surface area contributed by atoms with Gasteiger partial charge in [0.2, 0.25) is 5.91 Å². The van der Waals surface area contributed by atoms with E-state index in [0.717, 1.165) is 37.2 Å². The van der Waals surface area contributed by atoms with Gasteiger partial charge in [-0.25, -0.2) is 4.39 Å². The molecule has 1 aliphatic carbocycles. The molecule has 1 aliphatic rings. The van der Waals surface area contributed by atoms with Gasteiger partial charge in [0.05, 0.1) is 6.61 Å². The van der Waals surface area contributed by atoms with Crippen LogP contribution < -0.4 is 15.0 Å². The SMILES string of the molecule is CCOc1ccc([C@H](C(=O)NC2CCCC2)N(C(=O)c2nsc(Cl)c2Cl)c2ccc(F)cc2)cc1. The third-order valence-electron chi connectivity index (χ3n) is 5.84. The molecule has 0 spiro atoms. The van der Waals surface area contributed by atoms with E-state index in [0.29, 0.717) is 23.6 Å². The molecule has 0 aliphatic heterocycles. The fraction of sp³-hybridized carbons (Fsp3) is 0.320. The van der Waals surface area contributed by atoms with Crippen LogP contribution in [0.3, 0.4) is 0 Å². The molecule has 4 rings (SSSR count). The van der Waals surface area contributed by atoms with Gasteiger partial charge in [-0.15, -0.1) is 0 Å². The minimum absolute atomic E-state index is 0.00965. The Hall–Kier alpha value is -2.68. The molecule has 0 radical (unpaired) electrons. The molecule has 1 heterocycles. The molecule has 0 unspecified atom stereocenters. The number of amides is 2. The van der Waals surface area contributed by atoms with Gasteiger partial charge in [-0.1, -0.05) is 48.2 Å². The smallest absolute Gasteiger partial charge is 0.280 e. The fourth-order valence-electron chi connectivity index (χ4n) is 4.17. The van der Waals surface area contributed by atoms with Gasteiger partial charge in [0.25, 0.3) is 5.91 Å². The van der Waals surface area contributed by atoms with Gasteiger partial charge >= 0.3 is 0 Å². The number of hydrogen-bond donors (Lipinski definition) is 1. The predicted octanol–water partition coefficient (Wildman–Crippen LogP) is 6.43. The first-order valence-electron chi connectivity index (χ1n) is 11.3. The van der Waals surface area contributed by atoms with Gasteiger partial charge in [0.15, 0.2) is 5.69 Å². The number of aromatic nitrogens is 1. The lowest BCUT2D eigenvalue weighted by Gasteiger charge is -2.32. The summed E-state index contributed by atoms with van der Waals surface area (Å²) in [7, 11) is 0. The van der Waals surface area contributed by atoms with Crippen LogP contribution in [-0.4, -0.2) is 28.8 Å². The van der Waals surface area contributed by atoms with Crippen molar-refractivity contribution in [2.24, 2.45) is 0 Å². The third kappa shape index (κ3) is 5.77. The molecule has 1 N–H and O–H groups in total. The highest BCUT2D eigenvalue weighted by Crippen LogP contribution is 2.35. The molecular weight excluding hydrogens is 512 g/mol. The number of anilines is 1. The molecule has 1 aromatic heterocycles. The normalized spacial score (nSPS) is 14.5. The van der Waals surface area contributed by atoms with Gasteiger partial charge in [-0.05, 0) is 73.3 Å². The largest absolute Gasteiger partial charge is 0.494 e. The zero-order valence-electron chi connectivity index (χ0n) is 19.0. The molecule has 2 aromatic carbocycles. The van der Waals surface area contributed by atoms with E-state index in [1.165, 1.54) is 29.2 Å². The van der Waals surface area contributed by atoms with Crippen molar-refractivity contribution in [3.8, 4) is 5.75 Å². The van der Waals surface area contributed by atoms with Crippen LogP contribution in [0.4, 0.5) is 10.1 Å². The second-order valence-corrected chi connectivity index (χ2v) is 9.92. The molecule has 1 atom stereocenters. The van der Waals surface area contributed by atoms with E-state index in [4.69, 9.17) is 27.9 Å². The van der Waals surface area contributed by atoms with Crippen LogP contribution >= 0.6 is 34.7 Å². The Morgan fingerprint density at radius 2 is 1.80 bits per heavy atom. The molecule has 0 saturated heterocycles. The van der Waals surface area contributed by atoms with Crippen molar-refractivity contribution in [3.05, 3.63) is 75.0 Å². The molecule has 1 saturated carbocycles. The summed E-state index contributed by atoms with van der Waals surface area (Å²) in [6.07, 6.45) is 3.82. The predicted molar refractivity (Wildman–Crippen MR) is 136 cm³/mol. The Kier molecular flexibility index (Phi) is 8.26. The fourth-order valence-corrected chi connectivity index (χ4v) is 5.16. The van der Waals surface area contributed by atoms with Crippen molar-refractivity contribution in [3.63, 3.8) is 0 Å². The van der Waals surface area contributed by atoms with E-state index in [9.17, 15) is 14.0 Å².